The minimum Gasteiger partial charge on any atom is -0.494 e. The predicted octanol–water partition coefficient (Wildman–Crippen LogP) is 2.14. The zero-order chi connectivity index (χ0) is 24.9. The van der Waals surface area contributed by atoms with Crippen molar-refractivity contribution in [3.63, 3.8) is 0 Å². The van der Waals surface area contributed by atoms with Crippen LogP contribution in [0.2, 0.25) is 0 Å². The molecular weight excluding hydrogens is 448 g/mol. The van der Waals surface area contributed by atoms with Gasteiger partial charge in [-0.2, -0.15) is 0 Å². The molecule has 10 heteroatoms. The van der Waals surface area contributed by atoms with Crippen molar-refractivity contribution >= 4 is 15.7 Å². The van der Waals surface area contributed by atoms with E-state index in [0.29, 0.717) is 24.3 Å². The fraction of sp³-hybridized carbons (Fsp3) is 0.478. The van der Waals surface area contributed by atoms with Crippen LogP contribution in [0.15, 0.2) is 47.4 Å². The maximum Gasteiger partial charge on any atom is 0.264 e. The molecule has 0 aliphatic heterocycles. The van der Waals surface area contributed by atoms with Crippen molar-refractivity contribution in [2.24, 2.45) is 0 Å². The van der Waals surface area contributed by atoms with E-state index in [4.69, 9.17) is 9.94 Å². The Balaban J connectivity index is 2.07. The second kappa shape index (κ2) is 10.5. The molecule has 0 radical (unpaired) electrons. The number of aromatic nitrogens is 1. The van der Waals surface area contributed by atoms with Gasteiger partial charge in [0.25, 0.3) is 11.5 Å². The van der Waals surface area contributed by atoms with Crippen LogP contribution >= 0.6 is 0 Å². The normalized spacial score (nSPS) is 13.9. The zero-order valence-electron chi connectivity index (χ0n) is 19.4. The summed E-state index contributed by atoms with van der Waals surface area (Å²) >= 11 is 0. The first-order valence-corrected chi connectivity index (χ1v) is 12.5. The molecule has 1 aromatic carbocycles. The lowest BCUT2D eigenvalue weighted by Crippen LogP contribution is -2.49. The number of nitrogens with zero attached hydrogens (tertiary/aromatic N) is 1. The van der Waals surface area contributed by atoms with Gasteiger partial charge in [-0.3, -0.25) is 14.8 Å². The first kappa shape index (κ1) is 26.6. The van der Waals surface area contributed by atoms with E-state index in [9.17, 15) is 23.1 Å². The van der Waals surface area contributed by atoms with Gasteiger partial charge in [0.05, 0.1) is 12.2 Å². The van der Waals surface area contributed by atoms with E-state index in [1.165, 1.54) is 29.2 Å². The molecule has 1 heterocycles. The number of aryl methyl sites for hydroxylation is 1. The van der Waals surface area contributed by atoms with Gasteiger partial charge in [0.2, 0.25) is 0 Å². The molecule has 0 bridgehead atoms. The molecule has 1 aromatic heterocycles. The third-order valence-electron chi connectivity index (χ3n) is 5.62. The van der Waals surface area contributed by atoms with Crippen molar-refractivity contribution in [1.82, 2.24) is 10.0 Å². The summed E-state index contributed by atoms with van der Waals surface area (Å²) < 4.78 is 29.3. The SMILES string of the molecule is CC(C)(O)CCCOc1ccc(-c2ccn(CCC(C)(C(=O)NO)S(C)(=O)=O)c(=O)c2)cc1. The van der Waals surface area contributed by atoms with Crippen LogP contribution in [0.1, 0.15) is 40.0 Å². The molecular formula is C23H32N2O7S. The predicted molar refractivity (Wildman–Crippen MR) is 125 cm³/mol. The molecule has 0 aliphatic rings. The maximum atomic E-state index is 12.6. The van der Waals surface area contributed by atoms with Crippen LogP contribution in [0, 0.1) is 0 Å². The highest BCUT2D eigenvalue weighted by Crippen LogP contribution is 2.24. The Kier molecular flexibility index (Phi) is 8.45. The first-order valence-electron chi connectivity index (χ1n) is 10.6. The first-order chi connectivity index (χ1) is 15.3. The third-order valence-corrected chi connectivity index (χ3v) is 7.64. The van der Waals surface area contributed by atoms with Crippen molar-refractivity contribution in [3.05, 3.63) is 52.9 Å². The van der Waals surface area contributed by atoms with E-state index < -0.39 is 26.1 Å². The van der Waals surface area contributed by atoms with Gasteiger partial charge >= 0.3 is 0 Å². The number of hydrogen-bond acceptors (Lipinski definition) is 7. The van der Waals surface area contributed by atoms with Gasteiger partial charge < -0.3 is 14.4 Å². The topological polar surface area (TPSA) is 135 Å². The van der Waals surface area contributed by atoms with Gasteiger partial charge in [-0.25, -0.2) is 13.9 Å². The quantitative estimate of drug-likeness (QED) is 0.255. The average molecular weight is 481 g/mol. The molecule has 0 aliphatic carbocycles. The molecule has 1 amide bonds. The van der Waals surface area contributed by atoms with Crippen LogP contribution < -0.4 is 15.8 Å². The van der Waals surface area contributed by atoms with Crippen molar-refractivity contribution < 1.29 is 28.3 Å². The van der Waals surface area contributed by atoms with E-state index in [2.05, 4.69) is 0 Å². The molecule has 182 valence electrons. The number of benzene rings is 1. The number of carbonyl (C=O) groups is 1. The summed E-state index contributed by atoms with van der Waals surface area (Å²) in [6, 6.07) is 10.4. The molecule has 0 saturated carbocycles. The Morgan fingerprint density at radius 3 is 2.24 bits per heavy atom. The molecule has 0 spiro atoms. The number of amides is 1. The molecule has 0 saturated heterocycles. The van der Waals surface area contributed by atoms with Crippen molar-refractivity contribution in [1.29, 1.82) is 0 Å². The Hall–Kier alpha value is -2.69. The highest BCUT2D eigenvalue weighted by atomic mass is 32.2. The number of hydroxylamine groups is 1. The Bertz CT molecular complexity index is 1120. The Morgan fingerprint density at radius 2 is 1.73 bits per heavy atom. The van der Waals surface area contributed by atoms with Gasteiger partial charge in [0, 0.05) is 25.1 Å². The smallest absolute Gasteiger partial charge is 0.264 e. The molecule has 9 nitrogen and oxygen atoms in total. The summed E-state index contributed by atoms with van der Waals surface area (Å²) in [5.74, 6) is -0.359. The zero-order valence-corrected chi connectivity index (χ0v) is 20.2. The third kappa shape index (κ3) is 7.15. The van der Waals surface area contributed by atoms with E-state index >= 15 is 0 Å². The van der Waals surface area contributed by atoms with E-state index in [1.54, 1.807) is 32.0 Å². The van der Waals surface area contributed by atoms with E-state index in [0.717, 1.165) is 18.2 Å². The number of sulfone groups is 1. The van der Waals surface area contributed by atoms with Crippen LogP contribution in [0.4, 0.5) is 0 Å². The number of hydrogen-bond donors (Lipinski definition) is 3. The lowest BCUT2D eigenvalue weighted by atomic mass is 10.0. The largest absolute Gasteiger partial charge is 0.494 e. The standard InChI is InChI=1S/C23H32N2O7S/c1-22(2,28)11-5-15-32-19-8-6-17(7-9-19)18-10-13-25(20(26)16-18)14-12-23(3,21(27)24-29)33(4,30)31/h6-10,13,16,28-29H,5,11-12,14-15H2,1-4H3,(H,24,27). The minimum atomic E-state index is -3.84. The van der Waals surface area contributed by atoms with Gasteiger partial charge in [0.1, 0.15) is 5.75 Å². The van der Waals surface area contributed by atoms with Crippen LogP contribution in [0.3, 0.4) is 0 Å². The van der Waals surface area contributed by atoms with Crippen LogP contribution in [-0.2, 0) is 21.2 Å². The van der Waals surface area contributed by atoms with Crippen LogP contribution in [0.25, 0.3) is 11.1 Å². The van der Waals surface area contributed by atoms with Crippen molar-refractivity contribution in [3.8, 4) is 16.9 Å². The Labute approximate surface area is 193 Å². The fourth-order valence-corrected chi connectivity index (χ4v) is 4.07. The highest BCUT2D eigenvalue weighted by Gasteiger charge is 2.43. The lowest BCUT2D eigenvalue weighted by molar-refractivity contribution is -0.131. The van der Waals surface area contributed by atoms with Crippen molar-refractivity contribution in [2.75, 3.05) is 12.9 Å². The molecule has 3 N–H and O–H groups in total. The maximum absolute atomic E-state index is 12.6. The molecule has 2 rings (SSSR count). The second-order valence-electron chi connectivity index (χ2n) is 8.93. The van der Waals surface area contributed by atoms with Gasteiger partial charge in [-0.05, 0) is 69.4 Å². The van der Waals surface area contributed by atoms with Crippen LogP contribution in [0.5, 0.6) is 5.75 Å². The molecule has 1 unspecified atom stereocenters. The average Bonchev–Trinajstić information content (AvgIpc) is 2.74. The summed E-state index contributed by atoms with van der Waals surface area (Å²) in [6.07, 6.45) is 3.63. The number of ether oxygens (including phenoxy) is 1. The monoisotopic (exact) mass is 480 g/mol. The lowest BCUT2D eigenvalue weighted by Gasteiger charge is -2.25. The number of rotatable bonds is 11. The minimum absolute atomic E-state index is 0.0203. The van der Waals surface area contributed by atoms with E-state index in [1.807, 2.05) is 12.1 Å². The summed E-state index contributed by atoms with van der Waals surface area (Å²) in [4.78, 5) is 24.5. The summed E-state index contributed by atoms with van der Waals surface area (Å²) in [6.45, 7) is 5.19. The molecule has 33 heavy (non-hydrogen) atoms. The highest BCUT2D eigenvalue weighted by molar-refractivity contribution is 7.92. The second-order valence-corrected chi connectivity index (χ2v) is 11.4. The fourth-order valence-electron chi connectivity index (χ4n) is 3.23. The number of pyridine rings is 1. The van der Waals surface area contributed by atoms with Gasteiger partial charge in [0.15, 0.2) is 14.6 Å². The molecule has 1 atom stereocenters. The van der Waals surface area contributed by atoms with Crippen LogP contribution in [-0.4, -0.2) is 52.4 Å². The van der Waals surface area contributed by atoms with E-state index in [-0.39, 0.29) is 18.5 Å². The summed E-state index contributed by atoms with van der Waals surface area (Å²) in [5.41, 5.74) is 1.82. The number of carbonyl (C=O) groups excluding carboxylic acids is 1. The number of nitrogens with one attached hydrogen (secondary N) is 1. The number of aliphatic hydroxyl groups is 1. The summed E-state index contributed by atoms with van der Waals surface area (Å²) in [7, 11) is -3.84. The van der Waals surface area contributed by atoms with Gasteiger partial charge in [-0.1, -0.05) is 12.1 Å². The van der Waals surface area contributed by atoms with Crippen molar-refractivity contribution in [2.45, 2.75) is 56.9 Å². The molecule has 0 fully saturated rings. The Morgan fingerprint density at radius 1 is 1.09 bits per heavy atom. The van der Waals surface area contributed by atoms with Gasteiger partial charge in [-0.15, -0.1) is 0 Å². The summed E-state index contributed by atoms with van der Waals surface area (Å²) in [5, 5.41) is 18.6. The molecule has 2 aromatic rings.